The smallest absolute Gasteiger partial charge is 0.244 e. The maximum Gasteiger partial charge on any atom is 0.244 e. The van der Waals surface area contributed by atoms with Gasteiger partial charge in [0.05, 0.1) is 11.9 Å². The highest BCUT2D eigenvalue weighted by molar-refractivity contribution is 7.92. The molecule has 218 valence electrons. The molecule has 1 aliphatic carbocycles. The Hall–Kier alpha value is -3.65. The van der Waals surface area contributed by atoms with Crippen LogP contribution in [0.1, 0.15) is 54.9 Å². The van der Waals surface area contributed by atoms with E-state index in [1.165, 1.54) is 4.31 Å². The van der Waals surface area contributed by atoms with Crippen molar-refractivity contribution in [1.82, 2.24) is 10.2 Å². The van der Waals surface area contributed by atoms with Crippen LogP contribution in [0.2, 0.25) is 0 Å². The SMILES string of the molecule is CCc1ccccc1N(CC(=O)N(Cc1ccccc1C)[C@H](Cc1ccccc1)C(=O)NC1CCCC1)S(C)(=O)=O. The Morgan fingerprint density at radius 2 is 1.51 bits per heavy atom. The number of sulfonamides is 1. The maximum atomic E-state index is 14.3. The molecule has 3 aromatic carbocycles. The fraction of sp³-hybridized carbons (Fsp3) is 0.394. The number of rotatable bonds is 12. The van der Waals surface area contributed by atoms with Gasteiger partial charge < -0.3 is 10.2 Å². The van der Waals surface area contributed by atoms with Crippen molar-refractivity contribution in [2.45, 2.75) is 71.0 Å². The van der Waals surface area contributed by atoms with Crippen molar-refractivity contribution < 1.29 is 18.0 Å². The van der Waals surface area contributed by atoms with Crippen LogP contribution in [0.15, 0.2) is 78.9 Å². The fourth-order valence-corrected chi connectivity index (χ4v) is 6.42. The monoisotopic (exact) mass is 575 g/mol. The molecule has 8 heteroatoms. The summed E-state index contributed by atoms with van der Waals surface area (Å²) in [5, 5.41) is 3.20. The Morgan fingerprint density at radius 3 is 2.15 bits per heavy atom. The third kappa shape index (κ3) is 7.97. The molecule has 0 saturated heterocycles. The molecule has 1 fully saturated rings. The number of amides is 2. The molecule has 0 unspecified atom stereocenters. The second-order valence-electron chi connectivity index (χ2n) is 10.9. The van der Waals surface area contributed by atoms with Gasteiger partial charge in [-0.25, -0.2) is 8.42 Å². The molecular formula is C33H41N3O4S. The number of aryl methyl sites for hydroxylation is 2. The zero-order valence-electron chi connectivity index (χ0n) is 24.3. The van der Waals surface area contributed by atoms with Crippen molar-refractivity contribution in [3.8, 4) is 0 Å². The lowest BCUT2D eigenvalue weighted by molar-refractivity contribution is -0.140. The summed E-state index contributed by atoms with van der Waals surface area (Å²) < 4.78 is 27.3. The van der Waals surface area contributed by atoms with Gasteiger partial charge in [-0.1, -0.05) is 92.6 Å². The molecule has 0 heterocycles. The number of carbonyl (C=O) groups is 2. The Bertz CT molecular complexity index is 1440. The van der Waals surface area contributed by atoms with Crippen LogP contribution in [-0.2, 0) is 39.0 Å². The molecular weight excluding hydrogens is 534 g/mol. The second-order valence-corrected chi connectivity index (χ2v) is 12.8. The minimum Gasteiger partial charge on any atom is -0.352 e. The van der Waals surface area contributed by atoms with E-state index in [9.17, 15) is 18.0 Å². The summed E-state index contributed by atoms with van der Waals surface area (Å²) in [4.78, 5) is 29.8. The van der Waals surface area contributed by atoms with E-state index in [0.717, 1.165) is 54.2 Å². The van der Waals surface area contributed by atoms with Crippen molar-refractivity contribution in [2.75, 3.05) is 17.1 Å². The summed E-state index contributed by atoms with van der Waals surface area (Å²) in [7, 11) is -3.80. The van der Waals surface area contributed by atoms with Crippen LogP contribution in [0.3, 0.4) is 0 Å². The summed E-state index contributed by atoms with van der Waals surface area (Å²) in [6.45, 7) is 3.72. The first-order chi connectivity index (χ1) is 19.7. The van der Waals surface area contributed by atoms with Gasteiger partial charge in [0.2, 0.25) is 21.8 Å². The van der Waals surface area contributed by atoms with Gasteiger partial charge in [-0.15, -0.1) is 0 Å². The number of carbonyl (C=O) groups excluding carboxylic acids is 2. The van der Waals surface area contributed by atoms with Gasteiger partial charge in [-0.2, -0.15) is 0 Å². The summed E-state index contributed by atoms with van der Waals surface area (Å²) in [5.74, 6) is -0.630. The highest BCUT2D eigenvalue weighted by Gasteiger charge is 2.34. The topological polar surface area (TPSA) is 86.8 Å². The number of nitrogens with one attached hydrogen (secondary N) is 1. The largest absolute Gasteiger partial charge is 0.352 e. The van der Waals surface area contributed by atoms with Crippen LogP contribution in [0, 0.1) is 6.92 Å². The molecule has 0 spiro atoms. The lowest BCUT2D eigenvalue weighted by Gasteiger charge is -2.34. The summed E-state index contributed by atoms with van der Waals surface area (Å²) in [5.41, 5.74) is 4.15. The van der Waals surface area contributed by atoms with Crippen molar-refractivity contribution in [1.29, 1.82) is 0 Å². The average molecular weight is 576 g/mol. The average Bonchev–Trinajstić information content (AvgIpc) is 3.47. The molecule has 2 amide bonds. The van der Waals surface area contributed by atoms with E-state index in [-0.39, 0.29) is 18.5 Å². The first kappa shape index (κ1) is 30.3. The number of hydrogen-bond donors (Lipinski definition) is 1. The number of anilines is 1. The van der Waals surface area contributed by atoms with Crippen LogP contribution >= 0.6 is 0 Å². The molecule has 0 aliphatic heterocycles. The predicted octanol–water partition coefficient (Wildman–Crippen LogP) is 5.02. The van der Waals surface area contributed by atoms with Gasteiger partial charge >= 0.3 is 0 Å². The molecule has 1 saturated carbocycles. The molecule has 3 aromatic rings. The molecule has 0 radical (unpaired) electrons. The van der Waals surface area contributed by atoms with Crippen LogP contribution in [-0.4, -0.2) is 50.0 Å². The highest BCUT2D eigenvalue weighted by atomic mass is 32.2. The molecule has 7 nitrogen and oxygen atoms in total. The standard InChI is InChI=1S/C33H41N3O4S/c1-4-27-17-10-13-21-30(27)36(41(3,39)40)24-32(37)35(23-28-18-9-8-14-25(28)2)31(22-26-15-6-5-7-16-26)33(38)34-29-19-11-12-20-29/h5-10,13-18,21,29,31H,4,11-12,19-20,22-24H2,1-3H3,(H,34,38)/t31-/m1/s1. The Morgan fingerprint density at radius 1 is 0.902 bits per heavy atom. The molecule has 1 atom stereocenters. The van der Waals surface area contributed by atoms with E-state index in [1.807, 2.05) is 80.6 Å². The van der Waals surface area contributed by atoms with Gasteiger partial charge in [0, 0.05) is 19.0 Å². The first-order valence-electron chi connectivity index (χ1n) is 14.4. The van der Waals surface area contributed by atoms with Gasteiger partial charge in [-0.05, 0) is 54.5 Å². The van der Waals surface area contributed by atoms with Gasteiger partial charge in [-0.3, -0.25) is 13.9 Å². The van der Waals surface area contributed by atoms with Crippen LogP contribution in [0.5, 0.6) is 0 Å². The molecule has 41 heavy (non-hydrogen) atoms. The third-order valence-electron chi connectivity index (χ3n) is 7.90. The van der Waals surface area contributed by atoms with E-state index in [4.69, 9.17) is 0 Å². The first-order valence-corrected chi connectivity index (χ1v) is 16.3. The Balaban J connectivity index is 1.75. The van der Waals surface area contributed by atoms with Crippen LogP contribution in [0.4, 0.5) is 5.69 Å². The Kier molecular flexibility index (Phi) is 10.2. The van der Waals surface area contributed by atoms with Gasteiger partial charge in [0.15, 0.2) is 0 Å². The summed E-state index contributed by atoms with van der Waals surface area (Å²) in [6, 6.07) is 23.9. The quantitative estimate of drug-likeness (QED) is 0.329. The van der Waals surface area contributed by atoms with E-state index >= 15 is 0 Å². The lowest BCUT2D eigenvalue weighted by atomic mass is 10.0. The van der Waals surface area contributed by atoms with E-state index in [2.05, 4.69) is 5.32 Å². The van der Waals surface area contributed by atoms with Crippen LogP contribution < -0.4 is 9.62 Å². The lowest BCUT2D eigenvalue weighted by Crippen LogP contribution is -2.54. The number of benzene rings is 3. The van der Waals surface area contributed by atoms with E-state index < -0.39 is 28.5 Å². The zero-order valence-corrected chi connectivity index (χ0v) is 25.1. The van der Waals surface area contributed by atoms with E-state index in [0.29, 0.717) is 18.5 Å². The van der Waals surface area contributed by atoms with Gasteiger partial charge in [0.25, 0.3) is 0 Å². The number of nitrogens with zero attached hydrogens (tertiary/aromatic N) is 2. The van der Waals surface area contributed by atoms with Crippen molar-refractivity contribution in [2.24, 2.45) is 0 Å². The Labute approximate surface area is 244 Å². The maximum absolute atomic E-state index is 14.3. The second kappa shape index (κ2) is 13.8. The summed E-state index contributed by atoms with van der Waals surface area (Å²) >= 11 is 0. The van der Waals surface area contributed by atoms with Crippen molar-refractivity contribution >= 4 is 27.5 Å². The molecule has 0 bridgehead atoms. The molecule has 1 aliphatic rings. The number of hydrogen-bond acceptors (Lipinski definition) is 4. The highest BCUT2D eigenvalue weighted by Crippen LogP contribution is 2.25. The van der Waals surface area contributed by atoms with Crippen LogP contribution in [0.25, 0.3) is 0 Å². The van der Waals surface area contributed by atoms with Crippen molar-refractivity contribution in [3.63, 3.8) is 0 Å². The minimum atomic E-state index is -3.80. The van der Waals surface area contributed by atoms with Gasteiger partial charge in [0.1, 0.15) is 12.6 Å². The fourth-order valence-electron chi connectivity index (χ4n) is 5.54. The number of para-hydroxylation sites is 1. The zero-order chi connectivity index (χ0) is 29.4. The normalized spacial score (nSPS) is 14.4. The van der Waals surface area contributed by atoms with E-state index in [1.54, 1.807) is 17.0 Å². The predicted molar refractivity (Wildman–Crippen MR) is 164 cm³/mol. The summed E-state index contributed by atoms with van der Waals surface area (Å²) in [6.07, 6.45) is 6.04. The van der Waals surface area contributed by atoms with Crippen molar-refractivity contribution in [3.05, 3.63) is 101 Å². The molecule has 4 rings (SSSR count). The molecule has 1 N–H and O–H groups in total. The minimum absolute atomic E-state index is 0.0835. The third-order valence-corrected chi connectivity index (χ3v) is 9.02. The molecule has 0 aromatic heterocycles.